The lowest BCUT2D eigenvalue weighted by Gasteiger charge is -2.09. The summed E-state index contributed by atoms with van der Waals surface area (Å²) in [6.07, 6.45) is 4.53. The fourth-order valence-corrected chi connectivity index (χ4v) is 1.19. The Labute approximate surface area is 58.8 Å². The van der Waals surface area contributed by atoms with Crippen LogP contribution in [0.4, 0.5) is 0 Å². The predicted molar refractivity (Wildman–Crippen MR) is 36.9 cm³/mol. The highest BCUT2D eigenvalue weighted by molar-refractivity contribution is 5.85. The monoisotopic (exact) mass is 136 g/mol. The molecule has 0 aromatic carbocycles. The number of hydrogen-bond donors (Lipinski definition) is 2. The average Bonchev–Trinajstić information content (AvgIpc) is 2.27. The molecule has 1 amide bonds. The van der Waals surface area contributed by atoms with Crippen LogP contribution in [0.15, 0.2) is 23.5 Å². The quantitative estimate of drug-likeness (QED) is 0.487. The second-order valence-electron chi connectivity index (χ2n) is 2.41. The smallest absolute Gasteiger partial charge is 0.230 e. The van der Waals surface area contributed by atoms with Gasteiger partial charge in [0.05, 0.1) is 6.42 Å². The van der Waals surface area contributed by atoms with E-state index in [9.17, 15) is 4.79 Å². The van der Waals surface area contributed by atoms with E-state index in [4.69, 9.17) is 0 Å². The summed E-state index contributed by atoms with van der Waals surface area (Å²) in [4.78, 5) is 10.8. The normalized spacial score (nSPS) is 22.2. The Balaban J connectivity index is 2.29. The zero-order valence-electron chi connectivity index (χ0n) is 5.48. The van der Waals surface area contributed by atoms with Gasteiger partial charge >= 0.3 is 0 Å². The van der Waals surface area contributed by atoms with Gasteiger partial charge in [-0.05, 0) is 0 Å². The van der Waals surface area contributed by atoms with Gasteiger partial charge in [-0.3, -0.25) is 4.79 Å². The molecule has 2 heterocycles. The molecule has 10 heavy (non-hydrogen) atoms. The maximum atomic E-state index is 10.8. The maximum Gasteiger partial charge on any atom is 0.230 e. The SMILES string of the molecule is O=C1CC2=C(NCC=C2)N1. The van der Waals surface area contributed by atoms with Crippen molar-refractivity contribution in [3.8, 4) is 0 Å². The van der Waals surface area contributed by atoms with Crippen LogP contribution < -0.4 is 10.6 Å². The van der Waals surface area contributed by atoms with Gasteiger partial charge in [-0.15, -0.1) is 0 Å². The third-order valence-electron chi connectivity index (χ3n) is 1.65. The number of carbonyl (C=O) groups is 1. The van der Waals surface area contributed by atoms with Gasteiger partial charge in [0.25, 0.3) is 0 Å². The maximum absolute atomic E-state index is 10.8. The van der Waals surface area contributed by atoms with Gasteiger partial charge in [0.15, 0.2) is 0 Å². The van der Waals surface area contributed by atoms with Crippen molar-refractivity contribution in [1.29, 1.82) is 0 Å². The first-order valence-corrected chi connectivity index (χ1v) is 3.30. The molecule has 0 fully saturated rings. The Morgan fingerprint density at radius 3 is 3.20 bits per heavy atom. The van der Waals surface area contributed by atoms with Crippen LogP contribution in [-0.2, 0) is 4.79 Å². The van der Waals surface area contributed by atoms with E-state index in [1.165, 1.54) is 0 Å². The number of nitrogens with one attached hydrogen (secondary N) is 2. The van der Waals surface area contributed by atoms with E-state index in [0.717, 1.165) is 17.9 Å². The van der Waals surface area contributed by atoms with Gasteiger partial charge in [0.1, 0.15) is 5.82 Å². The number of carbonyl (C=O) groups excluding carboxylic acids is 1. The van der Waals surface area contributed by atoms with Gasteiger partial charge in [0.2, 0.25) is 5.91 Å². The molecule has 0 aliphatic carbocycles. The molecule has 0 aromatic heterocycles. The van der Waals surface area contributed by atoms with E-state index in [2.05, 4.69) is 10.6 Å². The molecule has 0 unspecified atom stereocenters. The fourth-order valence-electron chi connectivity index (χ4n) is 1.19. The lowest BCUT2D eigenvalue weighted by Crippen LogP contribution is -2.27. The van der Waals surface area contributed by atoms with E-state index in [-0.39, 0.29) is 5.91 Å². The molecule has 0 saturated carbocycles. The van der Waals surface area contributed by atoms with Gasteiger partial charge in [-0.2, -0.15) is 0 Å². The minimum Gasteiger partial charge on any atom is -0.368 e. The third-order valence-corrected chi connectivity index (χ3v) is 1.65. The first-order chi connectivity index (χ1) is 4.86. The average molecular weight is 136 g/mol. The van der Waals surface area contributed by atoms with Gasteiger partial charge in [-0.25, -0.2) is 0 Å². The van der Waals surface area contributed by atoms with Crippen LogP contribution in [0.1, 0.15) is 6.42 Å². The summed E-state index contributed by atoms with van der Waals surface area (Å²) >= 11 is 0. The molecule has 0 saturated heterocycles. The van der Waals surface area contributed by atoms with Crippen molar-refractivity contribution >= 4 is 5.91 Å². The summed E-state index contributed by atoms with van der Waals surface area (Å²) in [6, 6.07) is 0. The number of hydrogen-bond acceptors (Lipinski definition) is 2. The molecule has 0 bridgehead atoms. The van der Waals surface area contributed by atoms with Crippen molar-refractivity contribution in [2.75, 3.05) is 6.54 Å². The predicted octanol–water partition coefficient (Wildman–Crippen LogP) is -0.123. The molecule has 2 aliphatic heterocycles. The molecular formula is C7H8N2O. The van der Waals surface area contributed by atoms with Crippen molar-refractivity contribution in [2.24, 2.45) is 0 Å². The lowest BCUT2D eigenvalue weighted by atomic mass is 10.2. The molecule has 0 aromatic rings. The van der Waals surface area contributed by atoms with Gasteiger partial charge in [0, 0.05) is 12.1 Å². The zero-order chi connectivity index (χ0) is 6.97. The molecule has 2 rings (SSSR count). The van der Waals surface area contributed by atoms with E-state index >= 15 is 0 Å². The van der Waals surface area contributed by atoms with E-state index in [0.29, 0.717) is 6.42 Å². The summed E-state index contributed by atoms with van der Waals surface area (Å²) in [5, 5.41) is 5.81. The van der Waals surface area contributed by atoms with Crippen LogP contribution in [0.2, 0.25) is 0 Å². The molecule has 0 spiro atoms. The highest BCUT2D eigenvalue weighted by Gasteiger charge is 2.19. The molecule has 3 heteroatoms. The van der Waals surface area contributed by atoms with Crippen molar-refractivity contribution < 1.29 is 4.79 Å². The summed E-state index contributed by atoms with van der Waals surface area (Å²) < 4.78 is 0. The standard InChI is InChI=1S/C7H8N2O/c10-6-4-5-2-1-3-8-7(5)9-6/h1-2,8H,3-4H2,(H,9,10). The number of amides is 1. The summed E-state index contributed by atoms with van der Waals surface area (Å²) in [5.41, 5.74) is 1.08. The lowest BCUT2D eigenvalue weighted by molar-refractivity contribution is -0.118. The number of dihydropyridines is 1. The molecular weight excluding hydrogens is 128 g/mol. The summed E-state index contributed by atoms with van der Waals surface area (Å²) in [5.74, 6) is 0.983. The van der Waals surface area contributed by atoms with Crippen LogP contribution in [0.25, 0.3) is 0 Å². The Kier molecular flexibility index (Phi) is 1.03. The molecule has 2 aliphatic rings. The van der Waals surface area contributed by atoms with Crippen molar-refractivity contribution in [1.82, 2.24) is 10.6 Å². The largest absolute Gasteiger partial charge is 0.368 e. The van der Waals surface area contributed by atoms with Crippen LogP contribution >= 0.6 is 0 Å². The Hall–Kier alpha value is -1.25. The number of allylic oxidation sites excluding steroid dienone is 1. The van der Waals surface area contributed by atoms with Gasteiger partial charge in [-0.1, -0.05) is 12.2 Å². The molecule has 0 atom stereocenters. The minimum absolute atomic E-state index is 0.0871. The van der Waals surface area contributed by atoms with Crippen molar-refractivity contribution in [2.45, 2.75) is 6.42 Å². The Morgan fingerprint density at radius 2 is 2.40 bits per heavy atom. The second kappa shape index (κ2) is 1.87. The van der Waals surface area contributed by atoms with E-state index in [1.807, 2.05) is 12.2 Å². The van der Waals surface area contributed by atoms with Crippen molar-refractivity contribution in [3.63, 3.8) is 0 Å². The minimum atomic E-state index is 0.0871. The number of rotatable bonds is 0. The third kappa shape index (κ3) is 0.708. The summed E-state index contributed by atoms with van der Waals surface area (Å²) in [6.45, 7) is 0.819. The molecule has 52 valence electrons. The van der Waals surface area contributed by atoms with Crippen LogP contribution in [0.3, 0.4) is 0 Å². The second-order valence-corrected chi connectivity index (χ2v) is 2.41. The van der Waals surface area contributed by atoms with Crippen molar-refractivity contribution in [3.05, 3.63) is 23.5 Å². The highest BCUT2D eigenvalue weighted by Crippen LogP contribution is 2.15. The van der Waals surface area contributed by atoms with Crippen LogP contribution in [0.5, 0.6) is 0 Å². The molecule has 0 radical (unpaired) electrons. The van der Waals surface area contributed by atoms with Crippen LogP contribution in [0, 0.1) is 0 Å². The van der Waals surface area contributed by atoms with E-state index < -0.39 is 0 Å². The first kappa shape index (κ1) is 5.53. The van der Waals surface area contributed by atoms with Crippen LogP contribution in [-0.4, -0.2) is 12.5 Å². The Morgan fingerprint density at radius 1 is 1.50 bits per heavy atom. The molecule has 3 nitrogen and oxygen atoms in total. The van der Waals surface area contributed by atoms with Gasteiger partial charge < -0.3 is 10.6 Å². The Bertz CT molecular complexity index is 240. The zero-order valence-corrected chi connectivity index (χ0v) is 5.48. The van der Waals surface area contributed by atoms with E-state index in [1.54, 1.807) is 0 Å². The first-order valence-electron chi connectivity index (χ1n) is 3.30. The summed E-state index contributed by atoms with van der Waals surface area (Å²) in [7, 11) is 0. The topological polar surface area (TPSA) is 41.1 Å². The fraction of sp³-hybridized carbons (Fsp3) is 0.286. The molecule has 2 N–H and O–H groups in total. The highest BCUT2D eigenvalue weighted by atomic mass is 16.1.